The van der Waals surface area contributed by atoms with Crippen LogP contribution in [-0.4, -0.2) is 40.3 Å². The summed E-state index contributed by atoms with van der Waals surface area (Å²) in [7, 11) is -1.57. The minimum absolute atomic E-state index is 0.0649. The second kappa shape index (κ2) is 9.95. The van der Waals surface area contributed by atoms with Crippen LogP contribution in [0.4, 0.5) is 18.0 Å². The molecular weight excluding hydrogens is 435 g/mol. The Balaban J connectivity index is 2.37. The molecule has 0 aliphatic carbocycles. The second-order valence-corrected chi connectivity index (χ2v) is 8.51. The highest BCUT2D eigenvalue weighted by Crippen LogP contribution is 2.38. The first-order valence-corrected chi connectivity index (χ1v) is 10.4. The lowest BCUT2D eigenvalue weighted by Crippen LogP contribution is -2.70. The highest BCUT2D eigenvalue weighted by molar-refractivity contribution is 7.85. The Morgan fingerprint density at radius 2 is 1.65 bits per heavy atom. The Hall–Kier alpha value is -2.88. The molecule has 168 valence electrons. The fourth-order valence-electron chi connectivity index (χ4n) is 2.85. The topological polar surface area (TPSA) is 81.7 Å². The fourth-order valence-corrected chi connectivity index (χ4v) is 4.28. The number of halogens is 3. The van der Waals surface area contributed by atoms with Crippen LogP contribution in [0.3, 0.4) is 0 Å². The zero-order chi connectivity index (χ0) is 23.2. The van der Waals surface area contributed by atoms with Gasteiger partial charge in [0.05, 0.1) is 23.2 Å². The summed E-state index contributed by atoms with van der Waals surface area (Å²) in [6, 6.07) is 14.2. The first-order valence-electron chi connectivity index (χ1n) is 9.14. The molecule has 3 atom stereocenters. The summed E-state index contributed by atoms with van der Waals surface area (Å²) in [6.07, 6.45) is -6.83. The molecule has 2 aromatic carbocycles. The summed E-state index contributed by atoms with van der Waals surface area (Å²) in [4.78, 5) is 24.7. The van der Waals surface area contributed by atoms with E-state index in [-0.39, 0.29) is 11.5 Å². The van der Waals surface area contributed by atoms with E-state index < -0.39 is 39.8 Å². The van der Waals surface area contributed by atoms with Crippen molar-refractivity contribution in [1.82, 2.24) is 5.32 Å². The van der Waals surface area contributed by atoms with Crippen molar-refractivity contribution in [2.75, 3.05) is 7.11 Å². The lowest BCUT2D eigenvalue weighted by molar-refractivity contribution is -0.210. The molecule has 0 aromatic heterocycles. The van der Waals surface area contributed by atoms with Crippen molar-refractivity contribution in [1.29, 1.82) is 0 Å². The van der Waals surface area contributed by atoms with Crippen LogP contribution in [0.5, 0.6) is 0 Å². The fraction of sp³-hybridized carbons (Fsp3) is 0.333. The van der Waals surface area contributed by atoms with Crippen LogP contribution < -0.4 is 5.32 Å². The average molecular weight is 457 g/mol. The number of nitrogens with one attached hydrogen (secondary N) is 1. The molecule has 0 bridgehead atoms. The zero-order valence-corrected chi connectivity index (χ0v) is 17.9. The van der Waals surface area contributed by atoms with Gasteiger partial charge in [0.25, 0.3) is 5.54 Å². The van der Waals surface area contributed by atoms with Crippen LogP contribution in [-0.2, 0) is 31.7 Å². The first-order chi connectivity index (χ1) is 14.5. The van der Waals surface area contributed by atoms with Crippen molar-refractivity contribution in [3.63, 3.8) is 0 Å². The second-order valence-electron chi connectivity index (χ2n) is 6.74. The van der Waals surface area contributed by atoms with E-state index in [1.165, 1.54) is 12.1 Å². The molecule has 1 amide bonds. The highest BCUT2D eigenvalue weighted by Gasteiger charge is 2.67. The summed E-state index contributed by atoms with van der Waals surface area (Å²) >= 11 is 0. The molecule has 2 aromatic rings. The Bertz CT molecular complexity index is 934. The van der Waals surface area contributed by atoms with Crippen molar-refractivity contribution < 1.29 is 36.4 Å². The smallest absolute Gasteiger partial charge is 0.423 e. The Morgan fingerprint density at radius 1 is 1.06 bits per heavy atom. The van der Waals surface area contributed by atoms with Gasteiger partial charge in [0, 0.05) is 4.90 Å². The molecule has 0 saturated carbocycles. The molecule has 0 heterocycles. The molecule has 0 spiro atoms. The van der Waals surface area contributed by atoms with Gasteiger partial charge in [-0.2, -0.15) is 13.2 Å². The third-order valence-corrected chi connectivity index (χ3v) is 6.38. The highest BCUT2D eigenvalue weighted by atomic mass is 32.2. The maximum atomic E-state index is 14.2. The number of methoxy groups -OCH3 is 1. The summed E-state index contributed by atoms with van der Waals surface area (Å²) in [6.45, 7) is 2.39. The van der Waals surface area contributed by atoms with E-state index in [0.29, 0.717) is 5.56 Å². The molecule has 1 unspecified atom stereocenters. The van der Waals surface area contributed by atoms with E-state index in [2.05, 4.69) is 4.74 Å². The molecule has 0 aliphatic heterocycles. The molecule has 10 heteroatoms. The number of alkyl carbamates (subject to hydrolysis) is 1. The molecule has 0 saturated heterocycles. The number of benzene rings is 2. The van der Waals surface area contributed by atoms with Crippen molar-refractivity contribution in [2.24, 2.45) is 0 Å². The maximum absolute atomic E-state index is 14.2. The van der Waals surface area contributed by atoms with Gasteiger partial charge in [0.15, 0.2) is 0 Å². The lowest BCUT2D eigenvalue weighted by atomic mass is 9.95. The van der Waals surface area contributed by atoms with E-state index in [4.69, 9.17) is 4.74 Å². The lowest BCUT2D eigenvalue weighted by Gasteiger charge is -2.37. The van der Waals surface area contributed by atoms with Gasteiger partial charge in [-0.3, -0.25) is 9.53 Å². The molecule has 0 radical (unpaired) electrons. The third kappa shape index (κ3) is 5.43. The molecule has 31 heavy (non-hydrogen) atoms. The van der Waals surface area contributed by atoms with Crippen LogP contribution in [0.15, 0.2) is 59.5 Å². The van der Waals surface area contributed by atoms with E-state index in [9.17, 15) is 27.0 Å². The van der Waals surface area contributed by atoms with Gasteiger partial charge in [0.1, 0.15) is 6.61 Å². The third-order valence-electron chi connectivity index (χ3n) is 4.65. The van der Waals surface area contributed by atoms with E-state index >= 15 is 0 Å². The molecule has 0 aliphatic rings. The van der Waals surface area contributed by atoms with Crippen LogP contribution >= 0.6 is 0 Å². The summed E-state index contributed by atoms with van der Waals surface area (Å²) < 4.78 is 64.8. The predicted molar refractivity (Wildman–Crippen MR) is 108 cm³/mol. The van der Waals surface area contributed by atoms with Gasteiger partial charge < -0.3 is 9.47 Å². The van der Waals surface area contributed by atoms with E-state index in [1.807, 2.05) is 0 Å². The van der Waals surface area contributed by atoms with Gasteiger partial charge in [0.2, 0.25) is 0 Å². The average Bonchev–Trinajstić information content (AvgIpc) is 2.75. The number of carbonyl (C=O) groups excluding carboxylic acids is 2. The monoisotopic (exact) mass is 457 g/mol. The van der Waals surface area contributed by atoms with Crippen LogP contribution in [0, 0.1) is 6.92 Å². The van der Waals surface area contributed by atoms with Crippen LogP contribution in [0.1, 0.15) is 18.1 Å². The Morgan fingerprint density at radius 3 is 2.16 bits per heavy atom. The number of esters is 1. The summed E-state index contributed by atoms with van der Waals surface area (Å²) in [5.74, 6) is -1.80. The van der Waals surface area contributed by atoms with Crippen LogP contribution in [0.2, 0.25) is 0 Å². The largest absolute Gasteiger partial charge is 0.467 e. The number of alkyl halides is 3. The van der Waals surface area contributed by atoms with Gasteiger partial charge in [-0.05, 0) is 31.5 Å². The number of amides is 1. The van der Waals surface area contributed by atoms with Crippen molar-refractivity contribution >= 4 is 22.9 Å². The van der Waals surface area contributed by atoms with Crippen molar-refractivity contribution in [2.45, 2.75) is 42.3 Å². The van der Waals surface area contributed by atoms with Crippen molar-refractivity contribution in [3.05, 3.63) is 65.7 Å². The maximum Gasteiger partial charge on any atom is 0.423 e. The number of aryl methyl sites for hydroxylation is 1. The van der Waals surface area contributed by atoms with Gasteiger partial charge >= 0.3 is 18.2 Å². The quantitative estimate of drug-likeness (QED) is 0.638. The summed E-state index contributed by atoms with van der Waals surface area (Å²) in [5.41, 5.74) is -2.25. The minimum atomic E-state index is -5.33. The van der Waals surface area contributed by atoms with E-state index in [1.54, 1.807) is 54.7 Å². The zero-order valence-electron chi connectivity index (χ0n) is 17.1. The molecular formula is C21H22F3NO5S. The van der Waals surface area contributed by atoms with Gasteiger partial charge in [-0.25, -0.2) is 9.59 Å². The van der Waals surface area contributed by atoms with Crippen LogP contribution in [0.25, 0.3) is 0 Å². The number of rotatable bonds is 7. The van der Waals surface area contributed by atoms with Crippen molar-refractivity contribution in [3.8, 4) is 0 Å². The number of hydrogen-bond acceptors (Lipinski definition) is 5. The molecule has 0 fully saturated rings. The number of ether oxygens (including phenoxy) is 2. The summed E-state index contributed by atoms with van der Waals surface area (Å²) in [5, 5.41) is -0.325. The minimum Gasteiger partial charge on any atom is -0.467 e. The molecule has 1 N–H and O–H groups in total. The molecule has 2 rings (SSSR count). The predicted octanol–water partition coefficient (Wildman–Crippen LogP) is 3.89. The molecule has 6 nitrogen and oxygen atoms in total. The van der Waals surface area contributed by atoms with E-state index in [0.717, 1.165) is 19.6 Å². The Labute approximate surface area is 180 Å². The first kappa shape index (κ1) is 24.4. The SMILES string of the molecule is COC(=O)[C@](NC(=O)OCc1ccccc1)([C@@H](C)S(=O)c1ccc(C)cc1)C(F)(F)F. The number of hydrogen-bond donors (Lipinski definition) is 1. The normalized spacial score (nSPS) is 15.3. The van der Waals surface area contributed by atoms with Gasteiger partial charge in [-0.15, -0.1) is 0 Å². The standard InChI is InChI=1S/C21H22F3NO5S/c1-14-9-11-17(12-10-14)31(28)15(2)20(18(26)29-3,21(22,23)24)25-19(27)30-13-16-7-5-4-6-8-16/h4-12,15H,13H2,1-3H3,(H,25,27)/t15-,20-,31?/m1/s1. The number of carbonyl (C=O) groups is 2. The van der Waals surface area contributed by atoms with Gasteiger partial charge in [-0.1, -0.05) is 48.0 Å². The Kier molecular flexibility index (Phi) is 7.83.